The van der Waals surface area contributed by atoms with Crippen molar-refractivity contribution in [1.29, 1.82) is 5.26 Å². The molecule has 2 aromatic carbocycles. The third kappa shape index (κ3) is 6.47. The summed E-state index contributed by atoms with van der Waals surface area (Å²) < 4.78 is 30.2. The molecule has 8 nitrogen and oxygen atoms in total. The fourth-order valence-corrected chi connectivity index (χ4v) is 6.47. The highest BCUT2D eigenvalue weighted by molar-refractivity contribution is 7.89. The topological polar surface area (TPSA) is 99.3 Å². The molecule has 204 valence electrons. The minimum atomic E-state index is -3.70. The largest absolute Gasteiger partial charge is 0.338 e. The van der Waals surface area contributed by atoms with Gasteiger partial charge in [0, 0.05) is 43.5 Å². The van der Waals surface area contributed by atoms with Crippen LogP contribution in [0.25, 0.3) is 23.0 Å². The van der Waals surface area contributed by atoms with Gasteiger partial charge in [0.05, 0.1) is 10.6 Å². The lowest BCUT2D eigenvalue weighted by Gasteiger charge is -2.26. The molecular formula is C30H35N5O3S. The summed E-state index contributed by atoms with van der Waals surface area (Å²) in [6.07, 6.45) is 7.71. The molecule has 4 rings (SSSR count). The van der Waals surface area contributed by atoms with E-state index in [2.05, 4.69) is 6.07 Å². The number of amides is 1. The van der Waals surface area contributed by atoms with Crippen molar-refractivity contribution in [3.63, 3.8) is 0 Å². The maximum Gasteiger partial charge on any atom is 0.264 e. The van der Waals surface area contributed by atoms with E-state index in [1.54, 1.807) is 46.1 Å². The van der Waals surface area contributed by atoms with E-state index in [4.69, 9.17) is 5.10 Å². The van der Waals surface area contributed by atoms with E-state index in [1.807, 2.05) is 44.2 Å². The van der Waals surface area contributed by atoms with Crippen LogP contribution in [-0.4, -0.2) is 59.5 Å². The Morgan fingerprint density at radius 2 is 1.72 bits per heavy atom. The van der Waals surface area contributed by atoms with Crippen LogP contribution in [0.3, 0.4) is 0 Å². The number of benzene rings is 2. The summed E-state index contributed by atoms with van der Waals surface area (Å²) in [6.45, 7) is 6.09. The Balaban J connectivity index is 1.81. The zero-order chi connectivity index (χ0) is 27.8. The van der Waals surface area contributed by atoms with Gasteiger partial charge >= 0.3 is 0 Å². The Bertz CT molecular complexity index is 1460. The van der Waals surface area contributed by atoms with Gasteiger partial charge in [0.1, 0.15) is 17.3 Å². The third-order valence-corrected chi connectivity index (χ3v) is 8.64. The van der Waals surface area contributed by atoms with Crippen LogP contribution in [0.2, 0.25) is 0 Å². The molecule has 0 radical (unpaired) electrons. The number of nitrogens with zero attached hydrogens (tertiary/aromatic N) is 5. The van der Waals surface area contributed by atoms with Gasteiger partial charge in [0.15, 0.2) is 0 Å². The molecule has 0 bridgehead atoms. The van der Waals surface area contributed by atoms with Crippen molar-refractivity contribution >= 4 is 22.0 Å². The van der Waals surface area contributed by atoms with Crippen molar-refractivity contribution in [3.8, 4) is 23.0 Å². The lowest BCUT2D eigenvalue weighted by Crippen LogP contribution is -2.36. The molecule has 0 spiro atoms. The molecule has 2 heterocycles. The van der Waals surface area contributed by atoms with E-state index in [-0.39, 0.29) is 16.4 Å². The fourth-order valence-electron chi connectivity index (χ4n) is 4.80. The molecule has 1 saturated heterocycles. The smallest absolute Gasteiger partial charge is 0.264 e. The monoisotopic (exact) mass is 545 g/mol. The molecule has 1 fully saturated rings. The normalized spacial score (nSPS) is 14.4. The Morgan fingerprint density at radius 1 is 1.03 bits per heavy atom. The maximum absolute atomic E-state index is 13.5. The van der Waals surface area contributed by atoms with E-state index >= 15 is 0 Å². The average Bonchev–Trinajstić information content (AvgIpc) is 3.40. The van der Waals surface area contributed by atoms with Gasteiger partial charge in [-0.2, -0.15) is 14.7 Å². The molecule has 0 saturated carbocycles. The van der Waals surface area contributed by atoms with Crippen LogP contribution in [0, 0.1) is 11.3 Å². The summed E-state index contributed by atoms with van der Waals surface area (Å²) in [4.78, 5) is 15.1. The molecular weight excluding hydrogens is 510 g/mol. The Hall–Kier alpha value is -3.74. The molecule has 0 atom stereocenters. The van der Waals surface area contributed by atoms with Crippen LogP contribution >= 0.6 is 0 Å². The van der Waals surface area contributed by atoms with Crippen molar-refractivity contribution in [2.75, 3.05) is 26.2 Å². The lowest BCUT2D eigenvalue weighted by atomic mass is 10.0. The highest BCUT2D eigenvalue weighted by atomic mass is 32.2. The molecule has 3 aromatic rings. The van der Waals surface area contributed by atoms with E-state index in [9.17, 15) is 18.5 Å². The van der Waals surface area contributed by atoms with Gasteiger partial charge in [-0.3, -0.25) is 4.79 Å². The minimum absolute atomic E-state index is 0.0339. The zero-order valence-electron chi connectivity index (χ0n) is 22.6. The number of likely N-dealkylation sites (tertiary alicyclic amines) is 1. The molecule has 0 aliphatic carbocycles. The summed E-state index contributed by atoms with van der Waals surface area (Å²) in [5.41, 5.74) is 2.49. The maximum atomic E-state index is 13.5. The van der Waals surface area contributed by atoms with Crippen LogP contribution in [0.4, 0.5) is 0 Å². The quantitative estimate of drug-likeness (QED) is 0.255. The molecule has 39 heavy (non-hydrogen) atoms. The molecule has 1 aromatic heterocycles. The lowest BCUT2D eigenvalue weighted by molar-refractivity contribution is -0.127. The number of hydrogen-bond donors (Lipinski definition) is 0. The van der Waals surface area contributed by atoms with Gasteiger partial charge in [0.25, 0.3) is 5.91 Å². The number of aromatic nitrogens is 2. The van der Waals surface area contributed by atoms with E-state index < -0.39 is 10.0 Å². The SMILES string of the molecule is CCCN(CCC)S(=O)(=O)c1cccc(-c2nn(-c3ccccc3)cc2C=C(C#N)C(=O)N2CCCCC2)c1. The second-order valence-electron chi connectivity index (χ2n) is 9.67. The average molecular weight is 546 g/mol. The van der Waals surface area contributed by atoms with Gasteiger partial charge in [-0.1, -0.05) is 44.2 Å². The van der Waals surface area contributed by atoms with Crippen molar-refractivity contribution in [1.82, 2.24) is 19.0 Å². The van der Waals surface area contributed by atoms with Gasteiger partial charge in [0.2, 0.25) is 10.0 Å². The van der Waals surface area contributed by atoms with Crippen LogP contribution in [0.15, 0.2) is 71.3 Å². The first-order chi connectivity index (χ1) is 18.9. The predicted molar refractivity (Wildman–Crippen MR) is 152 cm³/mol. The van der Waals surface area contributed by atoms with E-state index in [1.165, 1.54) is 4.31 Å². The number of sulfonamides is 1. The van der Waals surface area contributed by atoms with E-state index in [0.29, 0.717) is 43.0 Å². The minimum Gasteiger partial charge on any atom is -0.338 e. The fraction of sp³-hybridized carbons (Fsp3) is 0.367. The Labute approximate surface area is 231 Å². The summed E-state index contributed by atoms with van der Waals surface area (Å²) in [5.74, 6) is -0.290. The first-order valence-corrected chi connectivity index (χ1v) is 15.0. The molecule has 0 N–H and O–H groups in total. The molecule has 1 aliphatic rings. The van der Waals surface area contributed by atoms with Crippen LogP contribution in [0.5, 0.6) is 0 Å². The number of hydrogen-bond acceptors (Lipinski definition) is 5. The standard InChI is InChI=1S/C30H35N5O3S/c1-3-16-34(17-4-2)39(37,38)28-15-11-12-24(21-28)29-26(23-35(32-29)27-13-7-5-8-14-27)20-25(22-31)30(36)33-18-9-6-10-19-33/h5,7-8,11-15,20-21,23H,3-4,6,9-10,16-19H2,1-2H3. The second-order valence-corrected chi connectivity index (χ2v) is 11.6. The van der Waals surface area contributed by atoms with Crippen molar-refractivity contribution in [2.45, 2.75) is 50.8 Å². The third-order valence-electron chi connectivity index (χ3n) is 6.75. The summed E-state index contributed by atoms with van der Waals surface area (Å²) >= 11 is 0. The van der Waals surface area contributed by atoms with Crippen molar-refractivity contribution in [2.24, 2.45) is 0 Å². The van der Waals surface area contributed by atoms with Gasteiger partial charge in [-0.25, -0.2) is 13.1 Å². The summed E-state index contributed by atoms with van der Waals surface area (Å²) in [6, 6.07) is 18.3. The Morgan fingerprint density at radius 3 is 2.36 bits per heavy atom. The first-order valence-electron chi connectivity index (χ1n) is 13.6. The predicted octanol–water partition coefficient (Wildman–Crippen LogP) is 5.27. The highest BCUT2D eigenvalue weighted by Gasteiger charge is 2.25. The van der Waals surface area contributed by atoms with Crippen LogP contribution in [0.1, 0.15) is 51.5 Å². The molecule has 1 aliphatic heterocycles. The summed E-state index contributed by atoms with van der Waals surface area (Å²) in [5, 5.41) is 14.7. The number of piperidine rings is 1. The number of carbonyl (C=O) groups excluding carboxylic acids is 1. The van der Waals surface area contributed by atoms with Crippen LogP contribution in [-0.2, 0) is 14.8 Å². The first kappa shape index (κ1) is 28.3. The molecule has 9 heteroatoms. The zero-order valence-corrected chi connectivity index (χ0v) is 23.4. The molecule has 1 amide bonds. The van der Waals surface area contributed by atoms with Gasteiger partial charge in [-0.05, 0) is 62.4 Å². The number of rotatable bonds is 10. The van der Waals surface area contributed by atoms with E-state index in [0.717, 1.165) is 37.8 Å². The van der Waals surface area contributed by atoms with Gasteiger partial charge < -0.3 is 4.90 Å². The Kier molecular flexibility index (Phi) is 9.33. The second kappa shape index (κ2) is 12.9. The number of carbonyl (C=O) groups is 1. The number of nitriles is 1. The van der Waals surface area contributed by atoms with Crippen molar-refractivity contribution in [3.05, 3.63) is 71.9 Å². The van der Waals surface area contributed by atoms with Crippen molar-refractivity contribution < 1.29 is 13.2 Å². The molecule has 0 unspecified atom stereocenters. The van der Waals surface area contributed by atoms with Crippen LogP contribution < -0.4 is 0 Å². The highest BCUT2D eigenvalue weighted by Crippen LogP contribution is 2.29. The number of para-hydroxylation sites is 1. The summed E-state index contributed by atoms with van der Waals surface area (Å²) in [7, 11) is -3.70. The van der Waals surface area contributed by atoms with Gasteiger partial charge in [-0.15, -0.1) is 0 Å².